The molecule has 0 saturated heterocycles. The molecule has 0 saturated carbocycles. The zero-order valence-corrected chi connectivity index (χ0v) is 17.0. The molecule has 7 nitrogen and oxygen atoms in total. The van der Waals surface area contributed by atoms with Crippen molar-refractivity contribution in [3.8, 4) is 22.9 Å². The van der Waals surface area contributed by atoms with Crippen molar-refractivity contribution in [3.05, 3.63) is 66.7 Å². The summed E-state index contributed by atoms with van der Waals surface area (Å²) in [7, 11) is 0. The maximum atomic E-state index is 12.0. The molecule has 160 valence electrons. The molecule has 0 spiro atoms. The maximum absolute atomic E-state index is 12.0. The fraction of sp³-hybridized carbons (Fsp3) is 0.250. The summed E-state index contributed by atoms with van der Waals surface area (Å²) >= 11 is 0. The van der Waals surface area contributed by atoms with Gasteiger partial charge in [-0.15, -0.1) is 0 Å². The molecule has 0 aliphatic heterocycles. The Morgan fingerprint density at radius 1 is 0.839 bits per heavy atom. The van der Waals surface area contributed by atoms with Crippen LogP contribution in [0.25, 0.3) is 11.1 Å². The van der Waals surface area contributed by atoms with Crippen molar-refractivity contribution in [1.82, 2.24) is 0 Å². The first-order valence-electron chi connectivity index (χ1n) is 9.78. The Kier molecular flexibility index (Phi) is 9.50. The quantitative estimate of drug-likeness (QED) is 0.234. The topological polar surface area (TPSA) is 103 Å². The van der Waals surface area contributed by atoms with E-state index in [0.717, 1.165) is 17.2 Å². The highest BCUT2D eigenvalue weighted by Gasteiger charge is 2.08. The van der Waals surface area contributed by atoms with Gasteiger partial charge in [0.1, 0.15) is 19.0 Å². The summed E-state index contributed by atoms with van der Waals surface area (Å²) < 4.78 is 14.9. The molecule has 2 aromatic carbocycles. The molecule has 0 aromatic heterocycles. The molecule has 0 unspecified atom stereocenters. The predicted molar refractivity (Wildman–Crippen MR) is 113 cm³/mol. The molecule has 31 heavy (non-hydrogen) atoms. The molecule has 0 atom stereocenters. The highest BCUT2D eigenvalue weighted by molar-refractivity contribution is 5.81. The maximum Gasteiger partial charge on any atom is 0.330 e. The summed E-state index contributed by atoms with van der Waals surface area (Å²) in [5.41, 5.74) is 2.50. The third kappa shape index (κ3) is 8.54. The third-order valence-corrected chi connectivity index (χ3v) is 4.20. The first-order chi connectivity index (χ1) is 15.0. The van der Waals surface area contributed by atoms with E-state index in [1.54, 1.807) is 24.3 Å². The van der Waals surface area contributed by atoms with Crippen LogP contribution in [-0.4, -0.2) is 31.1 Å². The van der Waals surface area contributed by atoms with E-state index in [-0.39, 0.29) is 32.0 Å². The molecular weight excluding hydrogens is 398 g/mol. The molecular formula is C24H23NO6. The van der Waals surface area contributed by atoms with E-state index in [9.17, 15) is 14.4 Å². The smallest absolute Gasteiger partial charge is 0.330 e. The summed E-state index contributed by atoms with van der Waals surface area (Å²) in [5, 5.41) is 8.85. The van der Waals surface area contributed by atoms with Gasteiger partial charge in [-0.2, -0.15) is 5.26 Å². The normalized spacial score (nSPS) is 9.90. The van der Waals surface area contributed by atoms with Gasteiger partial charge in [-0.05, 0) is 48.2 Å². The number of unbranched alkanes of at least 4 members (excludes halogenated alkanes) is 1. The lowest BCUT2D eigenvalue weighted by Gasteiger charge is -2.07. The van der Waals surface area contributed by atoms with Crippen molar-refractivity contribution < 1.29 is 28.6 Å². The van der Waals surface area contributed by atoms with E-state index in [1.165, 1.54) is 0 Å². The number of hydrogen-bond acceptors (Lipinski definition) is 7. The lowest BCUT2D eigenvalue weighted by Crippen LogP contribution is -2.13. The van der Waals surface area contributed by atoms with Crippen LogP contribution < -0.4 is 4.74 Å². The summed E-state index contributed by atoms with van der Waals surface area (Å²) in [6, 6.07) is 16.4. The monoisotopic (exact) mass is 421 g/mol. The average Bonchev–Trinajstić information content (AvgIpc) is 2.80. The Balaban J connectivity index is 1.65. The second kappa shape index (κ2) is 12.6. The van der Waals surface area contributed by atoms with Gasteiger partial charge in [0.15, 0.2) is 0 Å². The largest absolute Gasteiger partial charge is 0.462 e. The van der Waals surface area contributed by atoms with Gasteiger partial charge in [-0.3, -0.25) is 9.59 Å². The van der Waals surface area contributed by atoms with Crippen LogP contribution in [0.15, 0.2) is 61.2 Å². The summed E-state index contributed by atoms with van der Waals surface area (Å²) in [5.74, 6) is -0.924. The Labute approximate surface area is 180 Å². The Morgan fingerprint density at radius 2 is 1.39 bits per heavy atom. The fourth-order valence-corrected chi connectivity index (χ4v) is 2.60. The number of nitrogens with zero attached hydrogens (tertiary/aromatic N) is 1. The lowest BCUT2D eigenvalue weighted by molar-refractivity contribution is -0.149. The lowest BCUT2D eigenvalue weighted by atomic mass is 10.0. The minimum absolute atomic E-state index is 0.0150. The summed E-state index contributed by atoms with van der Waals surface area (Å²) in [6.07, 6.45) is 2.36. The van der Waals surface area contributed by atoms with Crippen LogP contribution >= 0.6 is 0 Å². The van der Waals surface area contributed by atoms with E-state index in [1.807, 2.05) is 24.3 Å². The molecule has 0 amide bonds. The Morgan fingerprint density at radius 3 is 1.97 bits per heavy atom. The fourth-order valence-electron chi connectivity index (χ4n) is 2.60. The zero-order chi connectivity index (χ0) is 22.5. The predicted octanol–water partition coefficient (Wildman–Crippen LogP) is 3.96. The number of carbonyl (C=O) groups excluding carboxylic acids is 3. The van der Waals surface area contributed by atoms with Crippen LogP contribution in [0, 0.1) is 11.3 Å². The molecule has 0 radical (unpaired) electrons. The number of ether oxygens (including phenoxy) is 3. The van der Waals surface area contributed by atoms with E-state index >= 15 is 0 Å². The van der Waals surface area contributed by atoms with Crippen LogP contribution in [0.1, 0.15) is 31.2 Å². The summed E-state index contributed by atoms with van der Waals surface area (Å²) in [4.78, 5) is 34.4. The highest BCUT2D eigenvalue weighted by Crippen LogP contribution is 2.23. The molecule has 2 aromatic rings. The van der Waals surface area contributed by atoms with E-state index < -0.39 is 11.9 Å². The van der Waals surface area contributed by atoms with Crippen molar-refractivity contribution >= 4 is 17.9 Å². The minimum Gasteiger partial charge on any atom is -0.462 e. The second-order valence-electron chi connectivity index (χ2n) is 6.49. The van der Waals surface area contributed by atoms with Gasteiger partial charge in [0, 0.05) is 18.9 Å². The van der Waals surface area contributed by atoms with Crippen molar-refractivity contribution in [3.63, 3.8) is 0 Å². The molecule has 0 N–H and O–H groups in total. The Bertz CT molecular complexity index is 942. The number of hydrogen-bond donors (Lipinski definition) is 0. The molecule has 0 heterocycles. The van der Waals surface area contributed by atoms with Gasteiger partial charge < -0.3 is 14.2 Å². The van der Waals surface area contributed by atoms with Crippen molar-refractivity contribution in [2.24, 2.45) is 0 Å². The molecule has 7 heteroatoms. The number of nitriles is 1. The van der Waals surface area contributed by atoms with Crippen molar-refractivity contribution in [1.29, 1.82) is 5.26 Å². The van der Waals surface area contributed by atoms with Gasteiger partial charge in [0.2, 0.25) is 0 Å². The third-order valence-electron chi connectivity index (χ3n) is 4.20. The van der Waals surface area contributed by atoms with Crippen LogP contribution in [0.4, 0.5) is 0 Å². The van der Waals surface area contributed by atoms with Crippen LogP contribution in [0.5, 0.6) is 5.75 Å². The summed E-state index contributed by atoms with van der Waals surface area (Å²) in [6.45, 7) is 3.22. The van der Waals surface area contributed by atoms with Gasteiger partial charge in [0.05, 0.1) is 11.6 Å². The first kappa shape index (κ1) is 23.4. The Hall–Kier alpha value is -3.92. The van der Waals surface area contributed by atoms with Crippen LogP contribution in [-0.2, 0) is 23.9 Å². The molecule has 2 rings (SSSR count). The van der Waals surface area contributed by atoms with Gasteiger partial charge in [-0.1, -0.05) is 30.8 Å². The minimum atomic E-state index is -0.571. The zero-order valence-electron chi connectivity index (χ0n) is 17.0. The number of rotatable bonds is 11. The van der Waals surface area contributed by atoms with E-state index in [2.05, 4.69) is 12.6 Å². The first-order valence-corrected chi connectivity index (χ1v) is 9.78. The number of carbonyl (C=O) groups is 3. The highest BCUT2D eigenvalue weighted by atomic mass is 16.6. The van der Waals surface area contributed by atoms with Crippen LogP contribution in [0.3, 0.4) is 0 Å². The van der Waals surface area contributed by atoms with Gasteiger partial charge in [-0.25, -0.2) is 4.79 Å². The van der Waals surface area contributed by atoms with Crippen LogP contribution in [0.2, 0.25) is 0 Å². The van der Waals surface area contributed by atoms with Crippen molar-refractivity contribution in [2.75, 3.05) is 13.2 Å². The molecule has 0 bridgehead atoms. The number of benzene rings is 2. The van der Waals surface area contributed by atoms with E-state index in [0.29, 0.717) is 24.2 Å². The standard InChI is InChI=1S/C24H23NO6/c1-2-22(26)29-15-16-30-23(27)5-3-4-6-24(28)31-21-13-11-20(12-14-21)19-9-7-18(17-25)8-10-19/h2,7-14H,1,3-6,15-16H2. The SMILES string of the molecule is C=CC(=O)OCCOC(=O)CCCCC(=O)Oc1ccc(-c2ccc(C#N)cc2)cc1. The second-order valence-corrected chi connectivity index (χ2v) is 6.49. The molecule has 0 aliphatic carbocycles. The van der Waals surface area contributed by atoms with Crippen molar-refractivity contribution in [2.45, 2.75) is 25.7 Å². The average molecular weight is 421 g/mol. The molecule has 0 fully saturated rings. The number of esters is 3. The van der Waals surface area contributed by atoms with Gasteiger partial charge in [0.25, 0.3) is 0 Å². The molecule has 0 aliphatic rings. The van der Waals surface area contributed by atoms with Gasteiger partial charge >= 0.3 is 17.9 Å². The van der Waals surface area contributed by atoms with E-state index in [4.69, 9.17) is 19.5 Å².